The van der Waals surface area contributed by atoms with E-state index in [9.17, 15) is 0 Å². The smallest absolute Gasteiger partial charge is 0.224 e. The average Bonchev–Trinajstić information content (AvgIpc) is 3.25. The Morgan fingerprint density at radius 3 is 3.04 bits per heavy atom. The molecule has 0 amide bonds. The summed E-state index contributed by atoms with van der Waals surface area (Å²) in [4.78, 5) is 13.1. The molecule has 0 bridgehead atoms. The van der Waals surface area contributed by atoms with Crippen LogP contribution in [0.15, 0.2) is 29.0 Å². The number of nitrogens with two attached hydrogens (primary N) is 1. The van der Waals surface area contributed by atoms with Gasteiger partial charge < -0.3 is 20.5 Å². The lowest BCUT2D eigenvalue weighted by Crippen LogP contribution is -2.08. The third-order valence-electron chi connectivity index (χ3n) is 4.09. The Labute approximate surface area is 152 Å². The number of imidazole rings is 1. The summed E-state index contributed by atoms with van der Waals surface area (Å²) in [7, 11) is 1.62. The minimum Gasteiger partial charge on any atom is -0.495 e. The number of nitrogen functional groups attached to an aromatic ring is 1. The first kappa shape index (κ1) is 16.1. The third kappa shape index (κ3) is 2.89. The highest BCUT2D eigenvalue weighted by molar-refractivity contribution is 9.10. The number of fused-ring (bicyclic) bond motifs is 1. The molecule has 1 atom stereocenters. The lowest BCUT2D eigenvalue weighted by atomic mass is 10.3. The number of methoxy groups -OCH3 is 1. The summed E-state index contributed by atoms with van der Waals surface area (Å²) in [6.07, 6.45) is 3.61. The molecule has 3 aromatic rings. The van der Waals surface area contributed by atoms with Crippen molar-refractivity contribution in [3.63, 3.8) is 0 Å². The number of halogens is 1. The molecule has 9 heteroatoms. The van der Waals surface area contributed by atoms with E-state index < -0.39 is 0 Å². The lowest BCUT2D eigenvalue weighted by molar-refractivity contribution is 0.0593. The number of benzene rings is 1. The summed E-state index contributed by atoms with van der Waals surface area (Å²) < 4.78 is 13.8. The lowest BCUT2D eigenvalue weighted by Gasteiger charge is -2.13. The van der Waals surface area contributed by atoms with Gasteiger partial charge in [-0.05, 0) is 40.9 Å². The van der Waals surface area contributed by atoms with E-state index in [4.69, 9.17) is 15.2 Å². The molecule has 25 heavy (non-hydrogen) atoms. The van der Waals surface area contributed by atoms with Crippen LogP contribution in [-0.2, 0) is 4.74 Å². The molecule has 8 nitrogen and oxygen atoms in total. The Morgan fingerprint density at radius 1 is 1.40 bits per heavy atom. The minimum atomic E-state index is -0.0595. The Kier molecular flexibility index (Phi) is 4.18. The standard InChI is InChI=1S/C16H17BrN6O2/c1-24-10-5-2-4-9(12(10)17)20-14-13-15(22-16(18)21-14)23(8-19-13)11-6-3-7-25-11/h2,4-5,8,11H,3,6-7H2,1H3,(H3,18,20,21,22). The summed E-state index contributed by atoms with van der Waals surface area (Å²) in [5.41, 5.74) is 8.01. The van der Waals surface area contributed by atoms with Crippen LogP contribution in [0.5, 0.6) is 5.75 Å². The molecule has 0 spiro atoms. The Bertz CT molecular complexity index is 922. The number of nitrogens with one attached hydrogen (secondary N) is 1. The van der Waals surface area contributed by atoms with Gasteiger partial charge in [0.1, 0.15) is 12.0 Å². The van der Waals surface area contributed by atoms with Crippen molar-refractivity contribution in [3.05, 3.63) is 29.0 Å². The first-order chi connectivity index (χ1) is 12.2. The predicted octanol–water partition coefficient (Wildman–Crippen LogP) is 3.23. The number of hydrogen-bond acceptors (Lipinski definition) is 7. The fourth-order valence-electron chi connectivity index (χ4n) is 2.90. The van der Waals surface area contributed by atoms with E-state index in [0.717, 1.165) is 29.6 Å². The largest absolute Gasteiger partial charge is 0.495 e. The van der Waals surface area contributed by atoms with Crippen LogP contribution in [0.25, 0.3) is 11.2 Å². The van der Waals surface area contributed by atoms with Gasteiger partial charge in [0.25, 0.3) is 0 Å². The van der Waals surface area contributed by atoms with Gasteiger partial charge in [-0.25, -0.2) is 4.98 Å². The van der Waals surface area contributed by atoms with E-state index in [1.165, 1.54) is 0 Å². The van der Waals surface area contributed by atoms with E-state index >= 15 is 0 Å². The topological polar surface area (TPSA) is 100 Å². The second kappa shape index (κ2) is 6.49. The molecular formula is C16H17BrN6O2. The molecule has 1 unspecified atom stereocenters. The molecule has 1 fully saturated rings. The van der Waals surface area contributed by atoms with E-state index in [1.807, 2.05) is 22.8 Å². The van der Waals surface area contributed by atoms with Crippen molar-refractivity contribution in [2.45, 2.75) is 19.1 Å². The number of aromatic nitrogens is 4. The van der Waals surface area contributed by atoms with Crippen molar-refractivity contribution in [1.82, 2.24) is 19.5 Å². The zero-order valence-corrected chi connectivity index (χ0v) is 15.2. The number of rotatable bonds is 4. The fourth-order valence-corrected chi connectivity index (χ4v) is 3.43. The van der Waals surface area contributed by atoms with Crippen LogP contribution in [0.1, 0.15) is 19.1 Å². The second-order valence-electron chi connectivity index (χ2n) is 5.67. The van der Waals surface area contributed by atoms with E-state index in [-0.39, 0.29) is 12.2 Å². The normalized spacial score (nSPS) is 17.1. The highest BCUT2D eigenvalue weighted by atomic mass is 79.9. The van der Waals surface area contributed by atoms with Crippen molar-refractivity contribution in [2.24, 2.45) is 0 Å². The second-order valence-corrected chi connectivity index (χ2v) is 6.46. The minimum absolute atomic E-state index is 0.0595. The summed E-state index contributed by atoms with van der Waals surface area (Å²) >= 11 is 3.53. The molecule has 3 N–H and O–H groups in total. The van der Waals surface area contributed by atoms with Crippen molar-refractivity contribution >= 4 is 44.5 Å². The van der Waals surface area contributed by atoms with Gasteiger partial charge in [0.05, 0.1) is 23.6 Å². The van der Waals surface area contributed by atoms with Crippen LogP contribution in [0.4, 0.5) is 17.5 Å². The van der Waals surface area contributed by atoms with Crippen molar-refractivity contribution in [2.75, 3.05) is 24.8 Å². The Hall–Kier alpha value is -2.39. The van der Waals surface area contributed by atoms with Gasteiger partial charge in [-0.15, -0.1) is 0 Å². The average molecular weight is 405 g/mol. The van der Waals surface area contributed by atoms with Gasteiger partial charge in [0, 0.05) is 6.61 Å². The summed E-state index contributed by atoms with van der Waals surface area (Å²) in [5.74, 6) is 1.43. The predicted molar refractivity (Wildman–Crippen MR) is 97.9 cm³/mol. The Morgan fingerprint density at radius 2 is 2.28 bits per heavy atom. The van der Waals surface area contributed by atoms with Crippen LogP contribution < -0.4 is 15.8 Å². The van der Waals surface area contributed by atoms with Crippen molar-refractivity contribution in [3.8, 4) is 5.75 Å². The fraction of sp³-hybridized carbons (Fsp3) is 0.312. The van der Waals surface area contributed by atoms with Crippen LogP contribution in [0, 0.1) is 0 Å². The number of hydrogen-bond donors (Lipinski definition) is 2. The maximum Gasteiger partial charge on any atom is 0.224 e. The van der Waals surface area contributed by atoms with Gasteiger partial charge >= 0.3 is 0 Å². The molecular weight excluding hydrogens is 388 g/mol. The van der Waals surface area contributed by atoms with Crippen LogP contribution in [0.3, 0.4) is 0 Å². The molecule has 2 aromatic heterocycles. The molecule has 4 rings (SSSR count). The highest BCUT2D eigenvalue weighted by Crippen LogP contribution is 2.35. The summed E-state index contributed by atoms with van der Waals surface area (Å²) in [6.45, 7) is 0.743. The van der Waals surface area contributed by atoms with E-state index in [1.54, 1.807) is 13.4 Å². The molecule has 0 radical (unpaired) electrons. The number of anilines is 3. The van der Waals surface area contributed by atoms with Crippen LogP contribution >= 0.6 is 15.9 Å². The van der Waals surface area contributed by atoms with Gasteiger partial charge in [0.2, 0.25) is 5.95 Å². The summed E-state index contributed by atoms with van der Waals surface area (Å²) in [6, 6.07) is 5.66. The molecule has 3 heterocycles. The Balaban J connectivity index is 1.77. The monoisotopic (exact) mass is 404 g/mol. The zero-order chi connectivity index (χ0) is 17.4. The molecule has 1 saturated heterocycles. The summed E-state index contributed by atoms with van der Waals surface area (Å²) in [5, 5.41) is 3.26. The molecule has 0 saturated carbocycles. The van der Waals surface area contributed by atoms with Crippen LogP contribution in [-0.4, -0.2) is 33.2 Å². The maximum absolute atomic E-state index is 5.92. The zero-order valence-electron chi connectivity index (χ0n) is 13.6. The van der Waals surface area contributed by atoms with Gasteiger partial charge in [-0.2, -0.15) is 9.97 Å². The first-order valence-electron chi connectivity index (χ1n) is 7.88. The quantitative estimate of drug-likeness (QED) is 0.687. The molecule has 1 aromatic carbocycles. The van der Waals surface area contributed by atoms with Crippen molar-refractivity contribution in [1.29, 1.82) is 0 Å². The third-order valence-corrected chi connectivity index (χ3v) is 4.91. The van der Waals surface area contributed by atoms with Crippen molar-refractivity contribution < 1.29 is 9.47 Å². The van der Waals surface area contributed by atoms with Crippen LogP contribution in [0.2, 0.25) is 0 Å². The first-order valence-corrected chi connectivity index (χ1v) is 8.68. The number of nitrogens with zero attached hydrogens (tertiary/aromatic N) is 4. The van der Waals surface area contributed by atoms with Gasteiger partial charge in [-0.1, -0.05) is 6.07 Å². The molecule has 0 aliphatic carbocycles. The maximum atomic E-state index is 5.92. The highest BCUT2D eigenvalue weighted by Gasteiger charge is 2.22. The number of ether oxygens (including phenoxy) is 2. The van der Waals surface area contributed by atoms with Gasteiger partial charge in [0.15, 0.2) is 17.0 Å². The molecule has 1 aliphatic heterocycles. The molecule has 1 aliphatic rings. The van der Waals surface area contributed by atoms with Gasteiger partial charge in [-0.3, -0.25) is 4.57 Å². The van der Waals surface area contributed by atoms with E-state index in [2.05, 4.69) is 36.2 Å². The van der Waals surface area contributed by atoms with E-state index in [0.29, 0.717) is 22.7 Å². The molecule has 130 valence electrons. The SMILES string of the molecule is COc1cccc(Nc2nc(N)nc3c2ncn3C2CCCO2)c1Br.